The molecule has 18 heavy (non-hydrogen) atoms. The number of carbonyl (C=O) groups excluding carboxylic acids is 1. The summed E-state index contributed by atoms with van der Waals surface area (Å²) in [6.45, 7) is 0. The number of hydrogen-bond acceptors (Lipinski definition) is 5. The fourth-order valence-corrected chi connectivity index (χ4v) is 2.85. The molecule has 0 saturated heterocycles. The highest BCUT2D eigenvalue weighted by Gasteiger charge is 2.23. The van der Waals surface area contributed by atoms with Crippen LogP contribution in [0, 0.1) is 0 Å². The average molecular weight is 267 g/mol. The summed E-state index contributed by atoms with van der Waals surface area (Å²) in [5.41, 5.74) is 0.468. The fourth-order valence-electron chi connectivity index (χ4n) is 1.68. The first-order valence-corrected chi connectivity index (χ1v) is 6.83. The van der Waals surface area contributed by atoms with Gasteiger partial charge in [0.2, 0.25) is 0 Å². The van der Waals surface area contributed by atoms with E-state index in [1.54, 1.807) is 18.2 Å². The van der Waals surface area contributed by atoms with Crippen LogP contribution in [-0.4, -0.2) is 20.2 Å². The molecule has 0 aromatic heterocycles. The van der Waals surface area contributed by atoms with E-state index in [1.807, 2.05) is 0 Å². The number of hydrogen-bond donors (Lipinski definition) is 1. The highest BCUT2D eigenvalue weighted by Crippen LogP contribution is 2.27. The van der Waals surface area contributed by atoms with E-state index >= 15 is 0 Å². The van der Waals surface area contributed by atoms with Gasteiger partial charge in [0.15, 0.2) is 0 Å². The monoisotopic (exact) mass is 267 g/mol. The third-order valence-corrected chi connectivity index (χ3v) is 3.84. The highest BCUT2D eigenvalue weighted by molar-refractivity contribution is 7.90. The molecule has 7 heteroatoms. The van der Waals surface area contributed by atoms with Crippen LogP contribution in [0.2, 0.25) is 0 Å². The molecular formula is C11H11N2O4S-. The molecule has 0 radical (unpaired) electrons. The van der Waals surface area contributed by atoms with Gasteiger partial charge in [0.05, 0.1) is 5.69 Å². The smallest absolute Gasteiger partial charge is 0.286 e. The molecule has 0 fully saturated rings. The van der Waals surface area contributed by atoms with Crippen molar-refractivity contribution in [3.8, 4) is 0 Å². The Balaban J connectivity index is 2.18. The summed E-state index contributed by atoms with van der Waals surface area (Å²) in [7, 11) is -3.68. The van der Waals surface area contributed by atoms with E-state index < -0.39 is 16.0 Å². The number of nitrogens with zero attached hydrogens (tertiary/aromatic N) is 1. The van der Waals surface area contributed by atoms with Crippen LogP contribution in [0.3, 0.4) is 0 Å². The Hall–Kier alpha value is -1.89. The Morgan fingerprint density at radius 1 is 1.33 bits per heavy atom. The lowest BCUT2D eigenvalue weighted by atomic mass is 10.2. The molecule has 1 N–H and O–H groups in total. The molecule has 1 heterocycles. The second-order valence-electron chi connectivity index (χ2n) is 3.86. The molecule has 0 atom stereocenters. The van der Waals surface area contributed by atoms with E-state index in [2.05, 4.69) is 9.71 Å². The zero-order valence-electron chi connectivity index (χ0n) is 9.42. The van der Waals surface area contributed by atoms with Crippen LogP contribution in [0.5, 0.6) is 0 Å². The second kappa shape index (κ2) is 4.77. The first-order chi connectivity index (χ1) is 8.49. The number of aliphatic carboxylic acids is 1. The van der Waals surface area contributed by atoms with Gasteiger partial charge in [0, 0.05) is 12.4 Å². The summed E-state index contributed by atoms with van der Waals surface area (Å²) < 4.78 is 27.3. The average Bonchev–Trinajstić information content (AvgIpc) is 2.27. The van der Waals surface area contributed by atoms with Gasteiger partial charge in [0.25, 0.3) is 10.0 Å². The van der Waals surface area contributed by atoms with Gasteiger partial charge in [0.1, 0.15) is 10.7 Å². The zero-order valence-corrected chi connectivity index (χ0v) is 10.2. The first-order valence-electron chi connectivity index (χ1n) is 5.39. The topological polar surface area (TPSA) is 98.7 Å². The number of nitrogens with one attached hydrogen (secondary N) is 1. The van der Waals surface area contributed by atoms with E-state index in [0.717, 1.165) is 0 Å². The van der Waals surface area contributed by atoms with Gasteiger partial charge in [-0.05, 0) is 25.0 Å². The summed E-state index contributed by atoms with van der Waals surface area (Å²) >= 11 is 0. The van der Waals surface area contributed by atoms with Crippen molar-refractivity contribution in [2.75, 3.05) is 5.32 Å². The minimum atomic E-state index is -3.68. The van der Waals surface area contributed by atoms with Crippen molar-refractivity contribution in [3.63, 3.8) is 0 Å². The molecule has 1 aromatic rings. The van der Waals surface area contributed by atoms with Crippen molar-refractivity contribution in [1.29, 1.82) is 0 Å². The Bertz CT molecular complexity index is 607. The number of para-hydroxylation sites is 1. The Kier molecular flexibility index (Phi) is 3.33. The number of fused-ring (bicyclic) bond motifs is 1. The van der Waals surface area contributed by atoms with Crippen molar-refractivity contribution in [3.05, 3.63) is 24.3 Å². The molecule has 0 spiro atoms. The minimum absolute atomic E-state index is 0.123. The van der Waals surface area contributed by atoms with Crippen LogP contribution in [0.1, 0.15) is 19.3 Å². The summed E-state index contributed by atoms with van der Waals surface area (Å²) in [4.78, 5) is 10.4. The van der Waals surface area contributed by atoms with E-state index in [0.29, 0.717) is 5.69 Å². The lowest BCUT2D eigenvalue weighted by Crippen LogP contribution is -2.24. The number of carboxylic acids is 1. The van der Waals surface area contributed by atoms with Crippen LogP contribution in [0.4, 0.5) is 5.69 Å². The van der Waals surface area contributed by atoms with Crippen molar-refractivity contribution in [1.82, 2.24) is 0 Å². The maximum absolute atomic E-state index is 11.8. The third-order valence-electron chi connectivity index (χ3n) is 2.47. The summed E-state index contributed by atoms with van der Waals surface area (Å²) in [6.07, 6.45) is 0.412. The lowest BCUT2D eigenvalue weighted by Gasteiger charge is -2.17. The molecule has 1 aromatic carbocycles. The molecule has 2 rings (SSSR count). The number of carbonyl (C=O) groups is 1. The van der Waals surface area contributed by atoms with Crippen LogP contribution < -0.4 is 10.4 Å². The van der Waals surface area contributed by atoms with E-state index in [1.165, 1.54) is 6.07 Å². The molecule has 6 nitrogen and oxygen atoms in total. The maximum atomic E-state index is 11.8. The van der Waals surface area contributed by atoms with Crippen LogP contribution >= 0.6 is 0 Å². The normalized spacial score (nSPS) is 16.3. The number of rotatable bonds is 4. The molecule has 1 aliphatic rings. The SMILES string of the molecule is O=C([O-])CCCC1=NS(=O)(=O)c2ccccc2N1. The van der Waals surface area contributed by atoms with Gasteiger partial charge in [-0.2, -0.15) is 8.42 Å². The standard InChI is InChI=1S/C11H12N2O4S/c14-11(15)7-3-6-10-12-8-4-1-2-5-9(8)18(16,17)13-10/h1-2,4-5H,3,6-7H2,(H,12,13)(H,14,15)/p-1. The van der Waals surface area contributed by atoms with Crippen molar-refractivity contribution >= 4 is 27.5 Å². The Morgan fingerprint density at radius 3 is 2.78 bits per heavy atom. The number of sulfonamides is 1. The van der Waals surface area contributed by atoms with Crippen LogP contribution in [0.15, 0.2) is 33.6 Å². The largest absolute Gasteiger partial charge is 0.550 e. The Morgan fingerprint density at radius 2 is 2.06 bits per heavy atom. The molecule has 0 saturated carbocycles. The number of anilines is 1. The van der Waals surface area contributed by atoms with Crippen molar-refractivity contribution < 1.29 is 18.3 Å². The van der Waals surface area contributed by atoms with Gasteiger partial charge in [-0.1, -0.05) is 12.1 Å². The number of benzene rings is 1. The highest BCUT2D eigenvalue weighted by atomic mass is 32.2. The van der Waals surface area contributed by atoms with Gasteiger partial charge in [-0.25, -0.2) is 0 Å². The molecule has 0 unspecified atom stereocenters. The molecule has 0 amide bonds. The van der Waals surface area contributed by atoms with Crippen LogP contribution in [-0.2, 0) is 14.8 Å². The Labute approximate surface area is 104 Å². The molecular weight excluding hydrogens is 256 g/mol. The summed E-state index contributed by atoms with van der Waals surface area (Å²) in [5, 5.41) is 13.2. The predicted molar refractivity (Wildman–Crippen MR) is 63.5 cm³/mol. The van der Waals surface area contributed by atoms with E-state index in [4.69, 9.17) is 0 Å². The summed E-state index contributed by atoms with van der Waals surface area (Å²) in [5.74, 6) is -0.899. The maximum Gasteiger partial charge on any atom is 0.286 e. The van der Waals surface area contributed by atoms with Gasteiger partial charge in [-0.15, -0.1) is 4.40 Å². The van der Waals surface area contributed by atoms with Crippen molar-refractivity contribution in [2.45, 2.75) is 24.2 Å². The first kappa shape index (κ1) is 12.6. The summed E-state index contributed by atoms with van der Waals surface area (Å²) in [6, 6.07) is 6.44. The van der Waals surface area contributed by atoms with E-state index in [-0.39, 0.29) is 30.0 Å². The van der Waals surface area contributed by atoms with Crippen LogP contribution in [0.25, 0.3) is 0 Å². The number of amidine groups is 1. The predicted octanol–water partition coefficient (Wildman–Crippen LogP) is 0.119. The minimum Gasteiger partial charge on any atom is -0.550 e. The molecule has 96 valence electrons. The zero-order chi connectivity index (χ0) is 13.2. The van der Waals surface area contributed by atoms with Crippen molar-refractivity contribution in [2.24, 2.45) is 4.40 Å². The lowest BCUT2D eigenvalue weighted by molar-refractivity contribution is -0.305. The number of carboxylic acid groups (broad SMARTS) is 1. The van der Waals surface area contributed by atoms with Gasteiger partial charge in [-0.3, -0.25) is 0 Å². The molecule has 0 bridgehead atoms. The van der Waals surface area contributed by atoms with Gasteiger partial charge >= 0.3 is 0 Å². The quantitative estimate of drug-likeness (QED) is 0.835. The van der Waals surface area contributed by atoms with Gasteiger partial charge < -0.3 is 15.2 Å². The fraction of sp³-hybridized carbons (Fsp3) is 0.273. The molecule has 1 aliphatic heterocycles. The third kappa shape index (κ3) is 2.67. The molecule has 0 aliphatic carbocycles. The van der Waals surface area contributed by atoms with E-state index in [9.17, 15) is 18.3 Å². The second-order valence-corrected chi connectivity index (χ2v) is 5.43.